The second-order valence-corrected chi connectivity index (χ2v) is 18.1. The molecule has 304 valence electrons. The first-order chi connectivity index (χ1) is 26.7. The number of amides is 5. The van der Waals surface area contributed by atoms with Gasteiger partial charge in [-0.05, 0) is 71.4 Å². The van der Waals surface area contributed by atoms with Crippen molar-refractivity contribution in [1.82, 2.24) is 30.1 Å². The summed E-state index contributed by atoms with van der Waals surface area (Å²) in [6, 6.07) is 2.54. The molecule has 0 radical (unpaired) electrons. The number of carbonyl (C=O) groups is 4. The molecular formula is C39H51FN6O9S. The number of rotatable bonds is 9. The molecule has 17 heteroatoms. The molecule has 2 aliphatic carbocycles. The van der Waals surface area contributed by atoms with E-state index in [-0.39, 0.29) is 38.9 Å². The van der Waals surface area contributed by atoms with Crippen molar-refractivity contribution in [3.8, 4) is 17.4 Å². The van der Waals surface area contributed by atoms with Gasteiger partial charge in [0.1, 0.15) is 41.4 Å². The molecule has 5 atom stereocenters. The van der Waals surface area contributed by atoms with Gasteiger partial charge in [0, 0.05) is 29.4 Å². The minimum atomic E-state index is -4.01. The van der Waals surface area contributed by atoms with Crippen molar-refractivity contribution in [1.29, 1.82) is 0 Å². The highest BCUT2D eigenvalue weighted by atomic mass is 32.2. The van der Waals surface area contributed by atoms with E-state index in [1.54, 1.807) is 26.2 Å². The van der Waals surface area contributed by atoms with Crippen LogP contribution in [-0.2, 0) is 24.4 Å². The van der Waals surface area contributed by atoms with Crippen LogP contribution in [0, 0.1) is 12.8 Å². The molecule has 1 aromatic heterocycles. The Morgan fingerprint density at radius 1 is 1.11 bits per heavy atom. The Morgan fingerprint density at radius 3 is 2.57 bits per heavy atom. The second-order valence-electron chi connectivity index (χ2n) is 15.9. The van der Waals surface area contributed by atoms with Crippen molar-refractivity contribution in [3.05, 3.63) is 35.9 Å². The van der Waals surface area contributed by atoms with E-state index in [2.05, 4.69) is 20.3 Å². The zero-order chi connectivity index (χ0) is 40.0. The van der Waals surface area contributed by atoms with E-state index in [0.29, 0.717) is 60.6 Å². The Morgan fingerprint density at radius 2 is 1.88 bits per heavy atom. The first-order valence-electron chi connectivity index (χ1n) is 19.5. The van der Waals surface area contributed by atoms with E-state index in [0.717, 1.165) is 18.4 Å². The molecule has 1 aromatic carbocycles. The summed E-state index contributed by atoms with van der Waals surface area (Å²) in [5, 5.41) is 6.34. The number of pyridine rings is 1. The molecule has 5 aliphatic rings. The maximum Gasteiger partial charge on any atom is 0.318 e. The van der Waals surface area contributed by atoms with E-state index >= 15 is 0 Å². The molecule has 2 aromatic rings. The number of sulfonamides is 1. The third-order valence-corrected chi connectivity index (χ3v) is 14.0. The van der Waals surface area contributed by atoms with Crippen molar-refractivity contribution in [2.45, 2.75) is 113 Å². The number of halogens is 1. The lowest BCUT2D eigenvalue weighted by Gasteiger charge is -2.36. The third kappa shape index (κ3) is 7.70. The number of alkyl halides is 1. The van der Waals surface area contributed by atoms with Crippen LogP contribution in [0.2, 0.25) is 0 Å². The largest absolute Gasteiger partial charge is 0.496 e. The maximum absolute atomic E-state index is 14.6. The van der Waals surface area contributed by atoms with Crippen LogP contribution in [-0.4, -0.2) is 115 Å². The van der Waals surface area contributed by atoms with Crippen LogP contribution >= 0.6 is 0 Å². The number of fused-ring (bicyclic) bond motifs is 3. The molecule has 4 fully saturated rings. The monoisotopic (exact) mass is 798 g/mol. The first-order valence-corrected chi connectivity index (χ1v) is 21.0. The molecule has 3 N–H and O–H groups in total. The number of allylic oxidation sites excluding steroid dienone is 1. The molecule has 56 heavy (non-hydrogen) atoms. The molecule has 0 spiro atoms. The SMILES string of the molecule is CCOc1cc(O[C@@H]2C[C@H]3C(=O)N[C@]4(C(=O)NS(=O)(=O)C5(C)CC5)C[C@H]4C=CCCCCC[C@H](NC(=O)N4CC(F)C4)C(=O)N3C2)c2ccc(OC)c(C)c2n1. The van der Waals surface area contributed by atoms with Crippen LogP contribution in [0.5, 0.6) is 17.4 Å². The number of nitrogens with one attached hydrogen (secondary N) is 3. The molecule has 4 heterocycles. The number of carbonyl (C=O) groups excluding carboxylic acids is 4. The van der Waals surface area contributed by atoms with Crippen LogP contribution in [0.15, 0.2) is 30.4 Å². The number of nitrogens with zero attached hydrogens (tertiary/aromatic N) is 3. The van der Waals surface area contributed by atoms with Crippen molar-refractivity contribution < 1.29 is 46.2 Å². The summed E-state index contributed by atoms with van der Waals surface area (Å²) < 4.78 is 59.2. The van der Waals surface area contributed by atoms with Gasteiger partial charge < -0.3 is 34.6 Å². The number of ether oxygens (including phenoxy) is 3. The van der Waals surface area contributed by atoms with Gasteiger partial charge in [-0.3, -0.25) is 19.1 Å². The van der Waals surface area contributed by atoms with Gasteiger partial charge in [0.15, 0.2) is 0 Å². The summed E-state index contributed by atoms with van der Waals surface area (Å²) in [4.78, 5) is 63.5. The molecule has 3 aliphatic heterocycles. The number of hydrogen-bond donors (Lipinski definition) is 3. The number of aryl methyl sites for hydroxylation is 1. The van der Waals surface area contributed by atoms with Crippen LogP contribution in [0.1, 0.15) is 77.2 Å². The van der Waals surface area contributed by atoms with E-state index in [1.807, 2.05) is 32.1 Å². The fourth-order valence-electron chi connectivity index (χ4n) is 7.85. The van der Waals surface area contributed by atoms with E-state index in [1.165, 1.54) is 9.80 Å². The number of likely N-dealkylation sites (tertiary alicyclic amines) is 1. The lowest BCUT2D eigenvalue weighted by Crippen LogP contribution is -2.61. The zero-order valence-corrected chi connectivity index (χ0v) is 33.1. The summed E-state index contributed by atoms with van der Waals surface area (Å²) in [6.45, 7) is 5.44. The van der Waals surface area contributed by atoms with Gasteiger partial charge in [-0.25, -0.2) is 22.6 Å². The lowest BCUT2D eigenvalue weighted by molar-refractivity contribution is -0.141. The van der Waals surface area contributed by atoms with Gasteiger partial charge in [0.25, 0.3) is 5.91 Å². The topological polar surface area (TPSA) is 186 Å². The van der Waals surface area contributed by atoms with Gasteiger partial charge in [-0.2, -0.15) is 0 Å². The average Bonchev–Trinajstić information content (AvgIpc) is 4.02. The number of urea groups is 1. The maximum atomic E-state index is 14.6. The van der Waals surface area contributed by atoms with Crippen molar-refractivity contribution in [3.63, 3.8) is 0 Å². The predicted molar refractivity (Wildman–Crippen MR) is 203 cm³/mol. The quantitative estimate of drug-likeness (QED) is 0.318. The normalized spacial score (nSPS) is 27.8. The Labute approximate surface area is 326 Å². The summed E-state index contributed by atoms with van der Waals surface area (Å²) in [6.07, 6.45) is 6.04. The molecule has 0 unspecified atom stereocenters. The van der Waals surface area contributed by atoms with Gasteiger partial charge in [-0.15, -0.1) is 0 Å². The summed E-state index contributed by atoms with van der Waals surface area (Å²) in [5.41, 5.74) is -0.191. The van der Waals surface area contributed by atoms with E-state index < -0.39 is 74.3 Å². The number of hydrogen-bond acceptors (Lipinski definition) is 10. The Kier molecular flexibility index (Phi) is 10.8. The standard InChI is InChI=1S/C39H51FN6O9S/c1-5-54-32-18-31(27-13-14-30(53-4)23(2)33(27)42-32)55-26-17-29-34(47)43-39(36(49)44-56(51,52)38(3)15-16-38)19-24(39)11-9-7-6-8-10-12-28(35(48)46(29)22-26)41-37(50)45-20-25(40)21-45/h9,11,13-14,18,24-26,28-29H,5-8,10,12,15-17,19-22H2,1-4H3,(H,41,50)(H,43,47)(H,44,49)/t24-,26-,28+,29+,39-/m1/s1. The van der Waals surface area contributed by atoms with Crippen molar-refractivity contribution >= 4 is 44.7 Å². The lowest BCUT2D eigenvalue weighted by atomic mass is 10.0. The smallest absolute Gasteiger partial charge is 0.318 e. The molecule has 5 amide bonds. The van der Waals surface area contributed by atoms with Gasteiger partial charge in [0.05, 0.1) is 43.6 Å². The first kappa shape index (κ1) is 39.6. The van der Waals surface area contributed by atoms with Gasteiger partial charge in [-0.1, -0.05) is 25.0 Å². The highest BCUT2D eigenvalue weighted by molar-refractivity contribution is 7.91. The van der Waals surface area contributed by atoms with E-state index in [9.17, 15) is 32.0 Å². The third-order valence-electron chi connectivity index (χ3n) is 11.8. The summed E-state index contributed by atoms with van der Waals surface area (Å²) in [5.74, 6) is -1.09. The van der Waals surface area contributed by atoms with Gasteiger partial charge in [0.2, 0.25) is 27.7 Å². The predicted octanol–water partition coefficient (Wildman–Crippen LogP) is 3.42. The number of methoxy groups -OCH3 is 1. The van der Waals surface area contributed by atoms with Crippen LogP contribution < -0.4 is 29.6 Å². The molecule has 7 rings (SSSR count). The molecule has 0 bridgehead atoms. The van der Waals surface area contributed by atoms with Crippen molar-refractivity contribution in [2.75, 3.05) is 33.4 Å². The van der Waals surface area contributed by atoms with Crippen LogP contribution in [0.4, 0.5) is 9.18 Å². The van der Waals surface area contributed by atoms with Crippen LogP contribution in [0.25, 0.3) is 10.9 Å². The van der Waals surface area contributed by atoms with Crippen molar-refractivity contribution in [2.24, 2.45) is 5.92 Å². The highest BCUT2D eigenvalue weighted by Crippen LogP contribution is 2.47. The molecular weight excluding hydrogens is 748 g/mol. The minimum absolute atomic E-state index is 0.0192. The fourth-order valence-corrected chi connectivity index (χ4v) is 9.17. The molecule has 2 saturated carbocycles. The number of benzene rings is 1. The minimum Gasteiger partial charge on any atom is -0.496 e. The molecule has 2 saturated heterocycles. The Hall–Kier alpha value is -4.67. The zero-order valence-electron chi connectivity index (χ0n) is 32.3. The number of aromatic nitrogens is 1. The van der Waals surface area contributed by atoms with Gasteiger partial charge >= 0.3 is 6.03 Å². The summed E-state index contributed by atoms with van der Waals surface area (Å²) >= 11 is 0. The second kappa shape index (κ2) is 15.3. The van der Waals surface area contributed by atoms with Crippen LogP contribution in [0.3, 0.4) is 0 Å². The Bertz CT molecular complexity index is 2040. The Balaban J connectivity index is 1.21. The fraction of sp³-hybridized carbons (Fsp3) is 0.615. The summed E-state index contributed by atoms with van der Waals surface area (Å²) in [7, 11) is -2.44. The van der Waals surface area contributed by atoms with E-state index in [4.69, 9.17) is 14.2 Å². The highest BCUT2D eigenvalue weighted by Gasteiger charge is 2.63. The average molecular weight is 799 g/mol. The molecule has 15 nitrogen and oxygen atoms in total.